The van der Waals surface area contributed by atoms with Gasteiger partial charge in [-0.1, -0.05) is 0 Å². The van der Waals surface area contributed by atoms with Gasteiger partial charge in [0.2, 0.25) is 0 Å². The monoisotopic (exact) mass is 241 g/mol. The van der Waals surface area contributed by atoms with Crippen LogP contribution >= 0.6 is 11.8 Å². The smallest absolute Gasteiger partial charge is 0.162 e. The molecule has 0 saturated heterocycles. The van der Waals surface area contributed by atoms with Crippen molar-refractivity contribution in [2.75, 3.05) is 19.4 Å². The van der Waals surface area contributed by atoms with E-state index in [-0.39, 0.29) is 12.6 Å². The van der Waals surface area contributed by atoms with Gasteiger partial charge < -0.3 is 20.3 Å². The number of thioether (sulfide) groups is 1. The third-order valence-electron chi connectivity index (χ3n) is 2.50. The summed E-state index contributed by atoms with van der Waals surface area (Å²) in [5.41, 5.74) is 5.38. The van der Waals surface area contributed by atoms with Crippen molar-refractivity contribution in [3.05, 3.63) is 18.2 Å². The van der Waals surface area contributed by atoms with Gasteiger partial charge in [-0.05, 0) is 24.5 Å². The molecule has 1 heterocycles. The third-order valence-corrected chi connectivity index (χ3v) is 3.23. The van der Waals surface area contributed by atoms with Crippen LogP contribution in [0.1, 0.15) is 0 Å². The zero-order valence-corrected chi connectivity index (χ0v) is 9.87. The number of aliphatic hydroxyl groups excluding tert-OH is 1. The summed E-state index contributed by atoms with van der Waals surface area (Å²) in [5.74, 6) is 1.40. The predicted octanol–water partition coefficient (Wildman–Crippen LogP) is 0.868. The van der Waals surface area contributed by atoms with Gasteiger partial charge in [0.1, 0.15) is 12.7 Å². The number of benzene rings is 1. The number of nitrogens with two attached hydrogens (primary N) is 1. The maximum Gasteiger partial charge on any atom is 0.162 e. The van der Waals surface area contributed by atoms with Crippen LogP contribution in [0.3, 0.4) is 0 Å². The number of ether oxygens (including phenoxy) is 2. The van der Waals surface area contributed by atoms with E-state index in [9.17, 15) is 5.11 Å². The van der Waals surface area contributed by atoms with Crippen molar-refractivity contribution in [1.82, 2.24) is 0 Å². The fourth-order valence-corrected chi connectivity index (χ4v) is 1.96. The summed E-state index contributed by atoms with van der Waals surface area (Å²) < 4.78 is 11.2. The molecule has 2 unspecified atom stereocenters. The van der Waals surface area contributed by atoms with E-state index in [0.717, 1.165) is 10.6 Å². The van der Waals surface area contributed by atoms with Gasteiger partial charge in [-0.25, -0.2) is 0 Å². The Morgan fingerprint density at radius 1 is 1.56 bits per heavy atom. The van der Waals surface area contributed by atoms with Crippen molar-refractivity contribution < 1.29 is 14.6 Å². The van der Waals surface area contributed by atoms with Crippen LogP contribution in [0.25, 0.3) is 0 Å². The van der Waals surface area contributed by atoms with Gasteiger partial charge in [0.15, 0.2) is 17.6 Å². The Hall–Kier alpha value is -0.910. The lowest BCUT2D eigenvalue weighted by molar-refractivity contribution is -0.00545. The Kier molecular flexibility index (Phi) is 3.58. The molecule has 0 aromatic heterocycles. The summed E-state index contributed by atoms with van der Waals surface area (Å²) in [6, 6.07) is 5.76. The first kappa shape index (κ1) is 11.6. The number of aliphatic hydroxyl groups is 1. The van der Waals surface area contributed by atoms with Crippen LogP contribution < -0.4 is 15.2 Å². The molecule has 0 radical (unpaired) electrons. The normalized spacial score (nSPS) is 20.6. The Morgan fingerprint density at radius 2 is 2.38 bits per heavy atom. The van der Waals surface area contributed by atoms with Crippen LogP contribution in [0.2, 0.25) is 0 Å². The highest BCUT2D eigenvalue weighted by Gasteiger charge is 2.26. The van der Waals surface area contributed by atoms with Crippen LogP contribution in [0, 0.1) is 0 Å². The van der Waals surface area contributed by atoms with Crippen molar-refractivity contribution in [3.63, 3.8) is 0 Å². The summed E-state index contributed by atoms with van der Waals surface area (Å²) >= 11 is 1.65. The van der Waals surface area contributed by atoms with E-state index in [4.69, 9.17) is 15.2 Å². The van der Waals surface area contributed by atoms with Crippen LogP contribution in [0.15, 0.2) is 23.1 Å². The van der Waals surface area contributed by atoms with Crippen molar-refractivity contribution >= 4 is 11.8 Å². The lowest BCUT2D eigenvalue weighted by atomic mass is 10.2. The average Bonchev–Trinajstić information content (AvgIpc) is 2.36. The van der Waals surface area contributed by atoms with Gasteiger partial charge in [-0.3, -0.25) is 0 Å². The fourth-order valence-electron chi connectivity index (χ4n) is 1.54. The minimum Gasteiger partial charge on any atom is -0.486 e. The molecule has 0 saturated carbocycles. The Morgan fingerprint density at radius 3 is 3.06 bits per heavy atom. The average molecular weight is 241 g/mol. The molecule has 4 nitrogen and oxygen atoms in total. The standard InChI is InChI=1S/C11H15NO3S/c1-16-7-2-3-9-10(4-7)14-6-11(15-9)8(13)5-12/h2-4,8,11,13H,5-6,12H2,1H3. The molecule has 88 valence electrons. The Balaban J connectivity index is 2.15. The zero-order chi connectivity index (χ0) is 11.5. The zero-order valence-electron chi connectivity index (χ0n) is 9.05. The molecule has 1 aromatic rings. The quantitative estimate of drug-likeness (QED) is 0.769. The lowest BCUT2D eigenvalue weighted by Crippen LogP contribution is -2.43. The second-order valence-corrected chi connectivity index (χ2v) is 4.46. The van der Waals surface area contributed by atoms with E-state index in [1.54, 1.807) is 11.8 Å². The molecule has 0 amide bonds. The van der Waals surface area contributed by atoms with Gasteiger partial charge in [-0.15, -0.1) is 11.8 Å². The van der Waals surface area contributed by atoms with Gasteiger partial charge in [0.25, 0.3) is 0 Å². The Labute approximate surface area is 98.7 Å². The van der Waals surface area contributed by atoms with Crippen LogP contribution in [-0.4, -0.2) is 36.7 Å². The first-order chi connectivity index (χ1) is 7.74. The topological polar surface area (TPSA) is 64.7 Å². The second-order valence-electron chi connectivity index (χ2n) is 3.58. The third kappa shape index (κ3) is 2.26. The molecule has 0 aliphatic carbocycles. The van der Waals surface area contributed by atoms with Crippen molar-refractivity contribution in [2.24, 2.45) is 5.73 Å². The molecule has 1 aromatic carbocycles. The molecule has 3 N–H and O–H groups in total. The first-order valence-electron chi connectivity index (χ1n) is 5.10. The number of hydrogen-bond donors (Lipinski definition) is 2. The molecular formula is C11H15NO3S. The summed E-state index contributed by atoms with van der Waals surface area (Å²) in [6.45, 7) is 0.509. The minimum atomic E-state index is -0.687. The maximum atomic E-state index is 9.57. The predicted molar refractivity (Wildman–Crippen MR) is 63.2 cm³/mol. The molecule has 2 atom stereocenters. The SMILES string of the molecule is CSc1ccc2c(c1)OCC(C(O)CN)O2. The van der Waals surface area contributed by atoms with E-state index >= 15 is 0 Å². The van der Waals surface area contributed by atoms with Gasteiger partial charge >= 0.3 is 0 Å². The minimum absolute atomic E-state index is 0.173. The largest absolute Gasteiger partial charge is 0.486 e. The number of hydrogen-bond acceptors (Lipinski definition) is 5. The van der Waals surface area contributed by atoms with E-state index in [2.05, 4.69) is 0 Å². The van der Waals surface area contributed by atoms with Gasteiger partial charge in [0, 0.05) is 11.4 Å². The Bertz CT molecular complexity index is 372. The number of rotatable bonds is 3. The van der Waals surface area contributed by atoms with Crippen molar-refractivity contribution in [2.45, 2.75) is 17.1 Å². The van der Waals surface area contributed by atoms with E-state index in [1.165, 1.54) is 0 Å². The molecule has 0 fully saturated rings. The van der Waals surface area contributed by atoms with Crippen molar-refractivity contribution in [1.29, 1.82) is 0 Å². The van der Waals surface area contributed by atoms with Crippen LogP contribution in [0.4, 0.5) is 0 Å². The lowest BCUT2D eigenvalue weighted by Gasteiger charge is -2.29. The first-order valence-corrected chi connectivity index (χ1v) is 6.32. The summed E-state index contributed by atoms with van der Waals surface area (Å²) in [6.07, 6.45) is 0.942. The maximum absolute atomic E-state index is 9.57. The highest BCUT2D eigenvalue weighted by molar-refractivity contribution is 7.98. The van der Waals surface area contributed by atoms with Crippen molar-refractivity contribution in [3.8, 4) is 11.5 Å². The summed E-state index contributed by atoms with van der Waals surface area (Å²) in [5, 5.41) is 9.57. The highest BCUT2D eigenvalue weighted by Crippen LogP contribution is 2.35. The molecule has 2 rings (SSSR count). The van der Waals surface area contributed by atoms with Crippen LogP contribution in [-0.2, 0) is 0 Å². The molecule has 0 spiro atoms. The van der Waals surface area contributed by atoms with Gasteiger partial charge in [-0.2, -0.15) is 0 Å². The fraction of sp³-hybridized carbons (Fsp3) is 0.455. The summed E-state index contributed by atoms with van der Waals surface area (Å²) in [4.78, 5) is 1.13. The molecular weight excluding hydrogens is 226 g/mol. The molecule has 1 aliphatic heterocycles. The molecule has 5 heteroatoms. The highest BCUT2D eigenvalue weighted by atomic mass is 32.2. The molecule has 0 bridgehead atoms. The second kappa shape index (κ2) is 4.95. The molecule has 16 heavy (non-hydrogen) atoms. The summed E-state index contributed by atoms with van der Waals surface area (Å²) in [7, 11) is 0. The van der Waals surface area contributed by atoms with Gasteiger partial charge in [0.05, 0.1) is 0 Å². The van der Waals surface area contributed by atoms with E-state index in [0.29, 0.717) is 12.4 Å². The van der Waals surface area contributed by atoms with E-state index < -0.39 is 6.10 Å². The number of fused-ring (bicyclic) bond motifs is 1. The molecule has 1 aliphatic rings. The van der Waals surface area contributed by atoms with Crippen LogP contribution in [0.5, 0.6) is 11.5 Å². The van der Waals surface area contributed by atoms with E-state index in [1.807, 2.05) is 24.5 Å².